The van der Waals surface area contributed by atoms with E-state index in [1.165, 1.54) is 31.5 Å². The predicted molar refractivity (Wildman–Crippen MR) is 117 cm³/mol. The van der Waals surface area contributed by atoms with Gasteiger partial charge in [0.25, 0.3) is 15.9 Å². The number of esters is 1. The highest BCUT2D eigenvalue weighted by molar-refractivity contribution is 7.90. The molecule has 0 saturated heterocycles. The molecule has 0 saturated carbocycles. The molecular weight excluding hydrogens is 416 g/mol. The van der Waals surface area contributed by atoms with Crippen LogP contribution in [-0.4, -0.2) is 31.4 Å². The fourth-order valence-electron chi connectivity index (χ4n) is 3.31. The zero-order valence-corrected chi connectivity index (χ0v) is 17.3. The lowest BCUT2D eigenvalue weighted by Crippen LogP contribution is -2.16. The highest BCUT2D eigenvalue weighted by atomic mass is 32.2. The third kappa shape index (κ3) is 3.69. The number of anilines is 1. The van der Waals surface area contributed by atoms with E-state index in [1.54, 1.807) is 60.7 Å². The van der Waals surface area contributed by atoms with Crippen molar-refractivity contribution in [3.8, 4) is 0 Å². The van der Waals surface area contributed by atoms with E-state index in [2.05, 4.69) is 5.32 Å². The summed E-state index contributed by atoms with van der Waals surface area (Å²) in [7, 11) is -2.66. The van der Waals surface area contributed by atoms with Crippen molar-refractivity contribution in [2.75, 3.05) is 12.4 Å². The average molecular weight is 434 g/mol. The number of carbonyl (C=O) groups is 2. The molecule has 0 radical (unpaired) electrons. The highest BCUT2D eigenvalue weighted by Gasteiger charge is 2.24. The Labute approximate surface area is 178 Å². The van der Waals surface area contributed by atoms with Gasteiger partial charge in [-0.15, -0.1) is 0 Å². The fraction of sp³-hybridized carbons (Fsp3) is 0.0435. The van der Waals surface area contributed by atoms with Crippen LogP contribution in [0.4, 0.5) is 5.69 Å². The Hall–Kier alpha value is -3.91. The van der Waals surface area contributed by atoms with Crippen molar-refractivity contribution >= 4 is 38.5 Å². The fourth-order valence-corrected chi connectivity index (χ4v) is 4.70. The zero-order chi connectivity index (χ0) is 22.0. The van der Waals surface area contributed by atoms with Gasteiger partial charge in [-0.2, -0.15) is 0 Å². The molecule has 4 rings (SSSR count). The van der Waals surface area contributed by atoms with Crippen molar-refractivity contribution < 1.29 is 22.7 Å². The Kier molecular flexibility index (Phi) is 5.31. The second-order valence-electron chi connectivity index (χ2n) is 6.67. The molecule has 0 aliphatic carbocycles. The van der Waals surface area contributed by atoms with Gasteiger partial charge in [-0.3, -0.25) is 4.79 Å². The number of hydrogen-bond donors (Lipinski definition) is 1. The lowest BCUT2D eigenvalue weighted by Gasteiger charge is -2.09. The average Bonchev–Trinajstić information content (AvgIpc) is 3.20. The zero-order valence-electron chi connectivity index (χ0n) is 16.5. The Morgan fingerprint density at radius 1 is 0.839 bits per heavy atom. The molecule has 0 spiro atoms. The summed E-state index contributed by atoms with van der Waals surface area (Å²) in [6, 6.07) is 21.2. The lowest BCUT2D eigenvalue weighted by atomic mass is 10.1. The van der Waals surface area contributed by atoms with Crippen LogP contribution < -0.4 is 5.32 Å². The second-order valence-corrected chi connectivity index (χ2v) is 8.48. The van der Waals surface area contributed by atoms with E-state index in [9.17, 15) is 18.0 Å². The van der Waals surface area contributed by atoms with Crippen molar-refractivity contribution in [2.45, 2.75) is 4.90 Å². The summed E-state index contributed by atoms with van der Waals surface area (Å²) in [6.07, 6.45) is 1.29. The summed E-state index contributed by atoms with van der Waals surface area (Å²) in [5, 5.41) is 3.16. The number of rotatable bonds is 5. The Morgan fingerprint density at radius 2 is 1.48 bits per heavy atom. The number of benzene rings is 3. The molecule has 1 amide bonds. The predicted octanol–water partition coefficient (Wildman–Crippen LogP) is 3.92. The van der Waals surface area contributed by atoms with Gasteiger partial charge in [0.05, 0.1) is 34.3 Å². The van der Waals surface area contributed by atoms with Gasteiger partial charge in [-0.1, -0.05) is 48.5 Å². The first kappa shape index (κ1) is 20.4. The van der Waals surface area contributed by atoms with Gasteiger partial charge >= 0.3 is 5.97 Å². The maximum Gasteiger partial charge on any atom is 0.339 e. The summed E-state index contributed by atoms with van der Waals surface area (Å²) in [4.78, 5) is 25.2. The van der Waals surface area contributed by atoms with Crippen molar-refractivity contribution in [1.29, 1.82) is 0 Å². The minimum Gasteiger partial charge on any atom is -0.465 e. The lowest BCUT2D eigenvalue weighted by molar-refractivity contribution is 0.0602. The first-order chi connectivity index (χ1) is 14.9. The summed E-state index contributed by atoms with van der Waals surface area (Å²) in [5.41, 5.74) is 0.994. The number of amides is 1. The van der Waals surface area contributed by atoms with E-state index in [0.717, 1.165) is 3.97 Å². The SMILES string of the molecule is COC(=O)c1ccccc1NC(=O)c1cn(S(=O)(=O)c2ccccc2)c2ccccc12. The minimum absolute atomic E-state index is 0.110. The van der Waals surface area contributed by atoms with Gasteiger partial charge in [-0.25, -0.2) is 17.2 Å². The van der Waals surface area contributed by atoms with Crippen LogP contribution in [0.15, 0.2) is 90.0 Å². The number of para-hydroxylation sites is 2. The van der Waals surface area contributed by atoms with Crippen LogP contribution in [0, 0.1) is 0 Å². The maximum atomic E-state index is 13.2. The molecule has 31 heavy (non-hydrogen) atoms. The van der Waals surface area contributed by atoms with Crippen LogP contribution in [0.3, 0.4) is 0 Å². The topological polar surface area (TPSA) is 94.5 Å². The number of nitrogens with one attached hydrogen (secondary N) is 1. The Balaban J connectivity index is 1.80. The van der Waals surface area contributed by atoms with Crippen molar-refractivity contribution in [3.05, 3.63) is 96.2 Å². The molecule has 156 valence electrons. The molecule has 8 heteroatoms. The van der Waals surface area contributed by atoms with Gasteiger partial charge in [-0.05, 0) is 30.3 Å². The van der Waals surface area contributed by atoms with Crippen molar-refractivity contribution in [1.82, 2.24) is 3.97 Å². The number of methoxy groups -OCH3 is 1. The molecule has 7 nitrogen and oxygen atoms in total. The number of fused-ring (bicyclic) bond motifs is 1. The largest absolute Gasteiger partial charge is 0.465 e. The quantitative estimate of drug-likeness (QED) is 0.481. The molecule has 1 aromatic heterocycles. The van der Waals surface area contributed by atoms with Gasteiger partial charge in [0.1, 0.15) is 0 Å². The molecule has 0 aliphatic rings. The third-order valence-electron chi connectivity index (χ3n) is 4.80. The van der Waals surface area contributed by atoms with Crippen LogP contribution in [0.25, 0.3) is 10.9 Å². The first-order valence-electron chi connectivity index (χ1n) is 9.33. The smallest absolute Gasteiger partial charge is 0.339 e. The molecule has 0 fully saturated rings. The summed E-state index contributed by atoms with van der Waals surface area (Å²) in [6.45, 7) is 0. The second kappa shape index (κ2) is 8.08. The monoisotopic (exact) mass is 434 g/mol. The van der Waals surface area contributed by atoms with Crippen LogP contribution in [0.2, 0.25) is 0 Å². The van der Waals surface area contributed by atoms with Crippen molar-refractivity contribution in [3.63, 3.8) is 0 Å². The highest BCUT2D eigenvalue weighted by Crippen LogP contribution is 2.27. The van der Waals surface area contributed by atoms with Crippen LogP contribution in [0.1, 0.15) is 20.7 Å². The Bertz CT molecular complexity index is 1390. The molecule has 0 unspecified atom stereocenters. The normalized spacial score (nSPS) is 11.3. The summed E-state index contributed by atoms with van der Waals surface area (Å²) in [5.74, 6) is -1.14. The molecule has 0 aliphatic heterocycles. The number of nitrogens with zero attached hydrogens (tertiary/aromatic N) is 1. The van der Waals surface area contributed by atoms with Gasteiger partial charge in [0.15, 0.2) is 0 Å². The minimum atomic E-state index is -3.91. The van der Waals surface area contributed by atoms with Gasteiger partial charge in [0, 0.05) is 11.6 Å². The Morgan fingerprint density at radius 3 is 2.23 bits per heavy atom. The van der Waals surface area contributed by atoms with Crippen molar-refractivity contribution in [2.24, 2.45) is 0 Å². The van der Waals surface area contributed by atoms with Gasteiger partial charge in [0.2, 0.25) is 0 Å². The van der Waals surface area contributed by atoms with Crippen LogP contribution in [0.5, 0.6) is 0 Å². The third-order valence-corrected chi connectivity index (χ3v) is 6.49. The van der Waals surface area contributed by atoms with E-state index >= 15 is 0 Å². The van der Waals surface area contributed by atoms with Gasteiger partial charge < -0.3 is 10.1 Å². The van der Waals surface area contributed by atoms with E-state index in [-0.39, 0.29) is 21.7 Å². The summed E-state index contributed by atoms with van der Waals surface area (Å²) < 4.78 is 32.2. The number of hydrogen-bond acceptors (Lipinski definition) is 5. The molecule has 0 bridgehead atoms. The van der Waals surface area contributed by atoms with E-state index < -0.39 is 21.9 Å². The molecule has 1 N–H and O–H groups in total. The van der Waals surface area contributed by atoms with Crippen LogP contribution >= 0.6 is 0 Å². The summed E-state index contributed by atoms with van der Waals surface area (Å²) >= 11 is 0. The molecule has 3 aromatic carbocycles. The number of aromatic nitrogens is 1. The number of ether oxygens (including phenoxy) is 1. The molecule has 0 atom stereocenters. The molecule has 1 heterocycles. The molecule has 4 aromatic rings. The van der Waals surface area contributed by atoms with E-state index in [4.69, 9.17) is 4.74 Å². The first-order valence-corrected chi connectivity index (χ1v) is 10.8. The van der Waals surface area contributed by atoms with Crippen LogP contribution in [-0.2, 0) is 14.8 Å². The molecular formula is C23H18N2O5S. The maximum absolute atomic E-state index is 13.2. The van der Waals surface area contributed by atoms with E-state index in [1.807, 2.05) is 0 Å². The standard InChI is InChI=1S/C23H18N2O5S/c1-30-23(27)18-12-5-7-13-20(18)24-22(26)19-15-25(21-14-8-6-11-17(19)21)31(28,29)16-9-3-2-4-10-16/h2-15H,1H3,(H,24,26). The number of carbonyl (C=O) groups excluding carboxylic acids is 2. The van der Waals surface area contributed by atoms with E-state index in [0.29, 0.717) is 10.9 Å².